The zero-order valence-corrected chi connectivity index (χ0v) is 7.59. The van der Waals surface area contributed by atoms with Crippen molar-refractivity contribution in [2.45, 2.75) is 13.8 Å². The molecule has 0 bridgehead atoms. The van der Waals surface area contributed by atoms with Crippen LogP contribution in [0.5, 0.6) is 0 Å². The van der Waals surface area contributed by atoms with E-state index in [4.69, 9.17) is 5.26 Å². The molecule has 1 aromatic carbocycles. The molecule has 0 aromatic heterocycles. The van der Waals surface area contributed by atoms with E-state index < -0.39 is 5.91 Å². The number of nitrogens with zero attached hydrogens (tertiary/aromatic N) is 1. The van der Waals surface area contributed by atoms with Crippen LogP contribution in [0.3, 0.4) is 0 Å². The number of carbonyl (C=O) groups is 1. The van der Waals surface area contributed by atoms with E-state index in [1.54, 1.807) is 0 Å². The van der Waals surface area contributed by atoms with Crippen LogP contribution in [0, 0.1) is 25.2 Å². The molecule has 0 fully saturated rings. The predicted octanol–water partition coefficient (Wildman–Crippen LogP) is 1.77. The molecule has 0 radical (unpaired) electrons. The summed E-state index contributed by atoms with van der Waals surface area (Å²) in [7, 11) is 0. The quantitative estimate of drug-likeness (QED) is 0.659. The maximum Gasteiger partial charge on any atom is 0.326 e. The van der Waals surface area contributed by atoms with E-state index in [0.717, 1.165) is 16.8 Å². The summed E-state index contributed by atoms with van der Waals surface area (Å²) in [6.45, 7) is 3.78. The van der Waals surface area contributed by atoms with Crippen molar-refractivity contribution < 1.29 is 4.79 Å². The molecule has 0 atom stereocenters. The number of benzene rings is 1. The van der Waals surface area contributed by atoms with Crippen LogP contribution in [0.15, 0.2) is 18.2 Å². The lowest BCUT2D eigenvalue weighted by Crippen LogP contribution is -2.10. The van der Waals surface area contributed by atoms with E-state index in [-0.39, 0.29) is 0 Å². The van der Waals surface area contributed by atoms with Crippen LogP contribution in [0.25, 0.3) is 0 Å². The first-order chi connectivity index (χ1) is 6.15. The van der Waals surface area contributed by atoms with Crippen LogP contribution in [0.1, 0.15) is 11.1 Å². The van der Waals surface area contributed by atoms with E-state index in [1.165, 1.54) is 6.07 Å². The van der Waals surface area contributed by atoms with Crippen molar-refractivity contribution in [3.05, 3.63) is 29.3 Å². The number of amides is 1. The molecular weight excluding hydrogens is 164 g/mol. The number of hydrogen-bond donors (Lipinski definition) is 1. The van der Waals surface area contributed by atoms with Gasteiger partial charge in [-0.15, -0.1) is 0 Å². The van der Waals surface area contributed by atoms with Crippen molar-refractivity contribution >= 4 is 11.6 Å². The molecule has 0 saturated heterocycles. The van der Waals surface area contributed by atoms with E-state index in [0.29, 0.717) is 0 Å². The number of anilines is 1. The van der Waals surface area contributed by atoms with E-state index in [9.17, 15) is 4.79 Å². The van der Waals surface area contributed by atoms with Crippen molar-refractivity contribution in [2.75, 3.05) is 5.32 Å². The first-order valence-corrected chi connectivity index (χ1v) is 3.92. The number of aryl methyl sites for hydroxylation is 2. The van der Waals surface area contributed by atoms with Crippen molar-refractivity contribution in [1.82, 2.24) is 0 Å². The average molecular weight is 174 g/mol. The molecule has 0 unspecified atom stereocenters. The van der Waals surface area contributed by atoms with Gasteiger partial charge in [-0.3, -0.25) is 4.79 Å². The fourth-order valence-electron chi connectivity index (χ4n) is 1.15. The van der Waals surface area contributed by atoms with Crippen LogP contribution in [-0.2, 0) is 4.79 Å². The molecule has 0 aliphatic carbocycles. The summed E-state index contributed by atoms with van der Waals surface area (Å²) >= 11 is 0. The van der Waals surface area contributed by atoms with Crippen LogP contribution >= 0.6 is 0 Å². The Kier molecular flexibility index (Phi) is 2.65. The molecule has 13 heavy (non-hydrogen) atoms. The fourth-order valence-corrected chi connectivity index (χ4v) is 1.15. The Hall–Kier alpha value is -1.82. The molecular formula is C10H10N2O. The summed E-state index contributed by atoms with van der Waals surface area (Å²) in [6, 6.07) is 7.21. The van der Waals surface area contributed by atoms with Crippen molar-refractivity contribution in [2.24, 2.45) is 0 Å². The van der Waals surface area contributed by atoms with Gasteiger partial charge >= 0.3 is 5.91 Å². The van der Waals surface area contributed by atoms with Gasteiger partial charge in [0.15, 0.2) is 6.07 Å². The van der Waals surface area contributed by atoms with E-state index >= 15 is 0 Å². The normalized spacial score (nSPS) is 9.00. The molecule has 0 saturated carbocycles. The van der Waals surface area contributed by atoms with Gasteiger partial charge in [-0.1, -0.05) is 18.2 Å². The second kappa shape index (κ2) is 3.72. The lowest BCUT2D eigenvalue weighted by atomic mass is 10.1. The third kappa shape index (κ3) is 2.06. The number of para-hydroxylation sites is 1. The number of nitriles is 1. The highest BCUT2D eigenvalue weighted by Gasteiger charge is 2.04. The third-order valence-electron chi connectivity index (χ3n) is 1.82. The van der Waals surface area contributed by atoms with Gasteiger partial charge in [0.05, 0.1) is 0 Å². The Bertz CT molecular complexity index is 357. The molecule has 1 rings (SSSR count). The fraction of sp³-hybridized carbons (Fsp3) is 0.200. The monoisotopic (exact) mass is 174 g/mol. The van der Waals surface area contributed by atoms with Gasteiger partial charge in [-0.25, -0.2) is 0 Å². The Balaban J connectivity index is 3.01. The van der Waals surface area contributed by atoms with Crippen molar-refractivity contribution in [1.29, 1.82) is 5.26 Å². The minimum Gasteiger partial charge on any atom is -0.313 e. The van der Waals surface area contributed by atoms with Gasteiger partial charge in [-0.05, 0) is 25.0 Å². The van der Waals surface area contributed by atoms with Crippen LogP contribution in [0.4, 0.5) is 5.69 Å². The first-order valence-electron chi connectivity index (χ1n) is 3.92. The molecule has 66 valence electrons. The molecule has 3 nitrogen and oxygen atoms in total. The molecule has 1 amide bonds. The van der Waals surface area contributed by atoms with Crippen LogP contribution in [-0.4, -0.2) is 5.91 Å². The topological polar surface area (TPSA) is 52.9 Å². The number of carbonyl (C=O) groups excluding carboxylic acids is 1. The summed E-state index contributed by atoms with van der Waals surface area (Å²) in [5, 5.41) is 10.8. The van der Waals surface area contributed by atoms with E-state index in [1.807, 2.05) is 32.0 Å². The highest BCUT2D eigenvalue weighted by molar-refractivity contribution is 6.03. The molecule has 1 N–H and O–H groups in total. The average Bonchev–Trinajstić information content (AvgIpc) is 2.11. The highest BCUT2D eigenvalue weighted by atomic mass is 16.1. The Morgan fingerprint density at radius 3 is 2.38 bits per heavy atom. The number of nitrogens with one attached hydrogen (secondary N) is 1. The Morgan fingerprint density at radius 2 is 1.92 bits per heavy atom. The molecule has 3 heteroatoms. The Morgan fingerprint density at radius 1 is 1.38 bits per heavy atom. The maximum absolute atomic E-state index is 10.8. The SMILES string of the molecule is Cc1cccc(C)c1NC(=O)C#N. The van der Waals surface area contributed by atoms with Gasteiger partial charge < -0.3 is 5.32 Å². The summed E-state index contributed by atoms with van der Waals surface area (Å²) < 4.78 is 0. The molecule has 0 spiro atoms. The maximum atomic E-state index is 10.8. The zero-order chi connectivity index (χ0) is 9.84. The first kappa shape index (κ1) is 9.27. The largest absolute Gasteiger partial charge is 0.326 e. The van der Waals surface area contributed by atoms with E-state index in [2.05, 4.69) is 5.32 Å². The molecule has 1 aromatic rings. The zero-order valence-electron chi connectivity index (χ0n) is 7.59. The standard InChI is InChI=1S/C10H10N2O/c1-7-4-3-5-8(2)10(7)12-9(13)6-11/h3-5H,1-2H3,(H,12,13). The van der Waals surface area contributed by atoms with Crippen LogP contribution in [0.2, 0.25) is 0 Å². The van der Waals surface area contributed by atoms with Gasteiger partial charge in [0, 0.05) is 5.69 Å². The van der Waals surface area contributed by atoms with Crippen molar-refractivity contribution in [3.8, 4) is 6.07 Å². The molecule has 0 aliphatic heterocycles. The second-order valence-corrected chi connectivity index (χ2v) is 2.83. The lowest BCUT2D eigenvalue weighted by Gasteiger charge is -2.07. The molecule has 0 aliphatic rings. The third-order valence-corrected chi connectivity index (χ3v) is 1.82. The highest BCUT2D eigenvalue weighted by Crippen LogP contribution is 2.18. The van der Waals surface area contributed by atoms with Crippen LogP contribution < -0.4 is 5.32 Å². The minimum absolute atomic E-state index is 0.627. The summed E-state index contributed by atoms with van der Waals surface area (Å²) in [6.07, 6.45) is 0. The number of hydrogen-bond acceptors (Lipinski definition) is 2. The lowest BCUT2D eigenvalue weighted by molar-refractivity contribution is -0.111. The van der Waals surface area contributed by atoms with Gasteiger partial charge in [-0.2, -0.15) is 5.26 Å². The predicted molar refractivity (Wildman–Crippen MR) is 50.2 cm³/mol. The minimum atomic E-state index is -0.627. The van der Waals surface area contributed by atoms with Gasteiger partial charge in [0.1, 0.15) is 0 Å². The summed E-state index contributed by atoms with van der Waals surface area (Å²) in [4.78, 5) is 10.8. The van der Waals surface area contributed by atoms with Gasteiger partial charge in [0.25, 0.3) is 0 Å². The van der Waals surface area contributed by atoms with Crippen molar-refractivity contribution in [3.63, 3.8) is 0 Å². The van der Waals surface area contributed by atoms with Gasteiger partial charge in [0.2, 0.25) is 0 Å². The Labute approximate surface area is 77.0 Å². The second-order valence-electron chi connectivity index (χ2n) is 2.83. The molecule has 0 heterocycles. The smallest absolute Gasteiger partial charge is 0.313 e. The summed E-state index contributed by atoms with van der Waals surface area (Å²) in [5.74, 6) is -0.627. The summed E-state index contributed by atoms with van der Waals surface area (Å²) in [5.41, 5.74) is 2.65. The number of rotatable bonds is 1.